The number of likely N-dealkylation sites (tertiary alicyclic amines) is 1. The first-order valence-corrected chi connectivity index (χ1v) is 10.4. The molecule has 152 valence electrons. The van der Waals surface area contributed by atoms with Crippen LogP contribution in [0.15, 0.2) is 28.9 Å². The van der Waals surface area contributed by atoms with Crippen molar-refractivity contribution >= 4 is 16.9 Å². The van der Waals surface area contributed by atoms with Crippen molar-refractivity contribution in [1.82, 2.24) is 10.2 Å². The van der Waals surface area contributed by atoms with E-state index < -0.39 is 0 Å². The zero-order valence-electron chi connectivity index (χ0n) is 16.7. The molecule has 0 bridgehead atoms. The molecule has 0 spiro atoms. The number of furan rings is 1. The Hall–Kier alpha value is -2.05. The highest BCUT2D eigenvalue weighted by Crippen LogP contribution is 2.33. The molecule has 6 heteroatoms. The molecule has 0 saturated carbocycles. The van der Waals surface area contributed by atoms with Crippen LogP contribution in [0.4, 0.5) is 0 Å². The Kier molecular flexibility index (Phi) is 5.87. The maximum atomic E-state index is 12.9. The first-order chi connectivity index (χ1) is 13.7. The Morgan fingerprint density at radius 3 is 2.79 bits per heavy atom. The lowest BCUT2D eigenvalue weighted by Crippen LogP contribution is -2.48. The highest BCUT2D eigenvalue weighted by atomic mass is 16.5. The smallest absolute Gasteiger partial charge is 0.251 e. The van der Waals surface area contributed by atoms with Gasteiger partial charge in [0.05, 0.1) is 18.3 Å². The molecule has 1 aromatic heterocycles. The van der Waals surface area contributed by atoms with Gasteiger partial charge < -0.3 is 24.1 Å². The second-order valence-corrected chi connectivity index (χ2v) is 8.02. The van der Waals surface area contributed by atoms with E-state index in [1.807, 2.05) is 19.1 Å². The lowest BCUT2D eigenvalue weighted by molar-refractivity contribution is -0.000629. The summed E-state index contributed by atoms with van der Waals surface area (Å²) in [6.45, 7) is 8.08. The standard InChI is InChI=1S/C22H30N2O4/c1-2-27-19-13-17(14-20-18(19)5-10-28-20)21(25)23-15-22(6-11-26-12-7-22)16-24-8-3-4-9-24/h5,10,13-14H,2-4,6-9,11-12,15-16H2,1H3,(H,23,25). The fourth-order valence-electron chi connectivity index (χ4n) is 4.42. The Bertz CT molecular complexity index is 804. The van der Waals surface area contributed by atoms with Gasteiger partial charge in [0.1, 0.15) is 11.3 Å². The summed E-state index contributed by atoms with van der Waals surface area (Å²) in [5.74, 6) is 0.614. The number of nitrogens with one attached hydrogen (secondary N) is 1. The number of hydrogen-bond acceptors (Lipinski definition) is 5. The van der Waals surface area contributed by atoms with Crippen molar-refractivity contribution in [1.29, 1.82) is 0 Å². The largest absolute Gasteiger partial charge is 0.493 e. The first-order valence-electron chi connectivity index (χ1n) is 10.4. The summed E-state index contributed by atoms with van der Waals surface area (Å²) in [6, 6.07) is 5.48. The fraction of sp³-hybridized carbons (Fsp3) is 0.591. The molecule has 4 rings (SSSR count). The molecule has 28 heavy (non-hydrogen) atoms. The summed E-state index contributed by atoms with van der Waals surface area (Å²) < 4.78 is 16.8. The van der Waals surface area contributed by atoms with Crippen LogP contribution in [0.5, 0.6) is 5.75 Å². The number of carbonyl (C=O) groups excluding carboxylic acids is 1. The first kappa shape index (κ1) is 19.3. The molecule has 2 aliphatic heterocycles. The maximum absolute atomic E-state index is 12.9. The van der Waals surface area contributed by atoms with E-state index >= 15 is 0 Å². The molecular weight excluding hydrogens is 356 g/mol. The van der Waals surface area contributed by atoms with E-state index in [0.29, 0.717) is 30.0 Å². The van der Waals surface area contributed by atoms with Crippen molar-refractivity contribution in [2.45, 2.75) is 32.6 Å². The number of benzene rings is 1. The molecule has 0 aliphatic carbocycles. The number of carbonyl (C=O) groups is 1. The van der Waals surface area contributed by atoms with Crippen molar-refractivity contribution in [3.05, 3.63) is 30.0 Å². The zero-order valence-corrected chi connectivity index (χ0v) is 16.7. The van der Waals surface area contributed by atoms with Gasteiger partial charge in [0.25, 0.3) is 5.91 Å². The van der Waals surface area contributed by atoms with Crippen LogP contribution in [0, 0.1) is 5.41 Å². The van der Waals surface area contributed by atoms with E-state index in [4.69, 9.17) is 13.9 Å². The lowest BCUT2D eigenvalue weighted by atomic mass is 9.79. The van der Waals surface area contributed by atoms with Gasteiger partial charge >= 0.3 is 0 Å². The molecule has 2 aliphatic rings. The molecular formula is C22H30N2O4. The van der Waals surface area contributed by atoms with Gasteiger partial charge in [-0.2, -0.15) is 0 Å². The van der Waals surface area contributed by atoms with Crippen LogP contribution in [-0.4, -0.2) is 56.8 Å². The van der Waals surface area contributed by atoms with Gasteiger partial charge in [-0.3, -0.25) is 4.79 Å². The summed E-state index contributed by atoms with van der Waals surface area (Å²) in [5, 5.41) is 4.09. The average Bonchev–Trinajstić information content (AvgIpc) is 3.39. The summed E-state index contributed by atoms with van der Waals surface area (Å²) in [5.41, 5.74) is 1.35. The van der Waals surface area contributed by atoms with Crippen molar-refractivity contribution in [2.24, 2.45) is 5.41 Å². The van der Waals surface area contributed by atoms with Crippen molar-refractivity contribution < 1.29 is 18.7 Å². The number of hydrogen-bond donors (Lipinski definition) is 1. The summed E-state index contributed by atoms with van der Waals surface area (Å²) in [7, 11) is 0. The third-order valence-corrected chi connectivity index (χ3v) is 6.03. The summed E-state index contributed by atoms with van der Waals surface area (Å²) in [4.78, 5) is 15.5. The predicted octanol–water partition coefficient (Wildman–Crippen LogP) is 3.45. The van der Waals surface area contributed by atoms with Gasteiger partial charge in [0, 0.05) is 37.3 Å². The normalized spacial score (nSPS) is 19.8. The van der Waals surface area contributed by atoms with Gasteiger partial charge in [-0.05, 0) is 63.9 Å². The van der Waals surface area contributed by atoms with Crippen molar-refractivity contribution in [2.75, 3.05) is 46.0 Å². The topological polar surface area (TPSA) is 63.9 Å². The fourth-order valence-corrected chi connectivity index (χ4v) is 4.42. The van der Waals surface area contributed by atoms with Crippen LogP contribution in [-0.2, 0) is 4.74 Å². The van der Waals surface area contributed by atoms with Crippen LogP contribution in [0.2, 0.25) is 0 Å². The van der Waals surface area contributed by atoms with E-state index in [1.54, 1.807) is 12.3 Å². The molecule has 1 aromatic carbocycles. The van der Waals surface area contributed by atoms with Gasteiger partial charge in [-0.25, -0.2) is 0 Å². The number of nitrogens with zero attached hydrogens (tertiary/aromatic N) is 1. The van der Waals surface area contributed by atoms with Crippen LogP contribution in [0.25, 0.3) is 11.0 Å². The third kappa shape index (κ3) is 4.18. The van der Waals surface area contributed by atoms with E-state index in [0.717, 1.165) is 38.0 Å². The number of fused-ring (bicyclic) bond motifs is 1. The molecule has 3 heterocycles. The monoisotopic (exact) mass is 386 g/mol. The van der Waals surface area contributed by atoms with Crippen LogP contribution >= 0.6 is 0 Å². The van der Waals surface area contributed by atoms with Gasteiger partial charge in [0.15, 0.2) is 0 Å². The minimum atomic E-state index is -0.0773. The highest BCUT2D eigenvalue weighted by Gasteiger charge is 2.35. The Morgan fingerprint density at radius 2 is 2.04 bits per heavy atom. The van der Waals surface area contributed by atoms with Crippen molar-refractivity contribution in [3.8, 4) is 5.75 Å². The zero-order chi connectivity index (χ0) is 19.4. The summed E-state index contributed by atoms with van der Waals surface area (Å²) in [6.07, 6.45) is 6.17. The minimum absolute atomic E-state index is 0.0773. The van der Waals surface area contributed by atoms with Crippen molar-refractivity contribution in [3.63, 3.8) is 0 Å². The quantitative estimate of drug-likeness (QED) is 0.790. The van der Waals surface area contributed by atoms with Crippen LogP contribution < -0.4 is 10.1 Å². The Morgan fingerprint density at radius 1 is 1.25 bits per heavy atom. The second-order valence-electron chi connectivity index (χ2n) is 8.02. The summed E-state index contributed by atoms with van der Waals surface area (Å²) >= 11 is 0. The Labute approximate surface area is 166 Å². The van der Waals surface area contributed by atoms with E-state index in [2.05, 4.69) is 10.2 Å². The highest BCUT2D eigenvalue weighted by molar-refractivity contribution is 5.99. The molecule has 0 unspecified atom stereocenters. The van der Waals surface area contributed by atoms with Gasteiger partial charge in [0.2, 0.25) is 0 Å². The van der Waals surface area contributed by atoms with Crippen LogP contribution in [0.3, 0.4) is 0 Å². The Balaban J connectivity index is 1.48. The van der Waals surface area contributed by atoms with Gasteiger partial charge in [-0.15, -0.1) is 0 Å². The van der Waals surface area contributed by atoms with E-state index in [-0.39, 0.29) is 11.3 Å². The second kappa shape index (κ2) is 8.53. The molecule has 2 fully saturated rings. The molecule has 6 nitrogen and oxygen atoms in total. The molecule has 0 atom stereocenters. The predicted molar refractivity (Wildman–Crippen MR) is 108 cm³/mol. The van der Waals surface area contributed by atoms with E-state index in [9.17, 15) is 4.79 Å². The van der Waals surface area contributed by atoms with Crippen LogP contribution in [0.1, 0.15) is 43.0 Å². The average molecular weight is 386 g/mol. The third-order valence-electron chi connectivity index (χ3n) is 6.03. The maximum Gasteiger partial charge on any atom is 0.251 e. The molecule has 2 aromatic rings. The molecule has 1 amide bonds. The molecule has 2 saturated heterocycles. The number of rotatable bonds is 7. The van der Waals surface area contributed by atoms with E-state index in [1.165, 1.54) is 25.9 Å². The number of ether oxygens (including phenoxy) is 2. The molecule has 1 N–H and O–H groups in total. The lowest BCUT2D eigenvalue weighted by Gasteiger charge is -2.40. The van der Waals surface area contributed by atoms with Gasteiger partial charge in [-0.1, -0.05) is 0 Å². The number of amides is 1. The molecule has 0 radical (unpaired) electrons. The SMILES string of the molecule is CCOc1cc(C(=O)NCC2(CN3CCCC3)CCOCC2)cc2occc12. The minimum Gasteiger partial charge on any atom is -0.493 e.